The summed E-state index contributed by atoms with van der Waals surface area (Å²) in [6.07, 6.45) is 11.0. The van der Waals surface area contributed by atoms with Gasteiger partial charge in [0.1, 0.15) is 5.78 Å². The fraction of sp³-hybridized carbons (Fsp3) is 0.950. The van der Waals surface area contributed by atoms with E-state index in [-0.39, 0.29) is 11.5 Å². The van der Waals surface area contributed by atoms with E-state index < -0.39 is 0 Å². The molecule has 6 atom stereocenters. The molecular weight excluding hydrogens is 272 g/mol. The van der Waals surface area contributed by atoms with Crippen LogP contribution in [0.25, 0.3) is 0 Å². The molecule has 0 aliphatic heterocycles. The average molecular weight is 306 g/mol. The van der Waals surface area contributed by atoms with Crippen LogP contribution < -0.4 is 0 Å². The van der Waals surface area contributed by atoms with Gasteiger partial charge in [0, 0.05) is 11.8 Å². The molecule has 126 valence electrons. The lowest BCUT2D eigenvalue weighted by Gasteiger charge is -2.54. The summed E-state index contributed by atoms with van der Waals surface area (Å²) in [6.45, 7) is 7.12. The molecule has 0 unspecified atom stereocenters. The topological polar surface area (TPSA) is 37.3 Å². The Kier molecular flexibility index (Phi) is 4.44. The van der Waals surface area contributed by atoms with Gasteiger partial charge in [0.25, 0.3) is 0 Å². The fourth-order valence-corrected chi connectivity index (χ4v) is 6.08. The average Bonchev–Trinajstić information content (AvgIpc) is 2.79. The van der Waals surface area contributed by atoms with Gasteiger partial charge in [0.05, 0.1) is 6.10 Å². The third kappa shape index (κ3) is 2.77. The third-order valence-corrected chi connectivity index (χ3v) is 7.82. The number of carbonyl (C=O) groups excluding carboxylic acids is 1. The lowest BCUT2D eigenvalue weighted by atomic mass is 9.51. The molecule has 2 heteroatoms. The first kappa shape index (κ1) is 16.5. The van der Waals surface area contributed by atoms with E-state index in [4.69, 9.17) is 0 Å². The van der Waals surface area contributed by atoms with Gasteiger partial charge in [-0.15, -0.1) is 0 Å². The lowest BCUT2D eigenvalue weighted by molar-refractivity contribution is -0.126. The lowest BCUT2D eigenvalue weighted by Crippen LogP contribution is -2.47. The summed E-state index contributed by atoms with van der Waals surface area (Å²) in [5.41, 5.74) is 0.367. The highest BCUT2D eigenvalue weighted by molar-refractivity contribution is 5.86. The van der Waals surface area contributed by atoms with Crippen molar-refractivity contribution in [1.29, 1.82) is 0 Å². The molecule has 0 heterocycles. The highest BCUT2D eigenvalue weighted by atomic mass is 16.3. The second-order valence-electron chi connectivity index (χ2n) is 9.17. The monoisotopic (exact) mass is 306 g/mol. The van der Waals surface area contributed by atoms with Gasteiger partial charge in [0.15, 0.2) is 0 Å². The van der Waals surface area contributed by atoms with Crippen LogP contribution in [0.5, 0.6) is 0 Å². The molecule has 3 fully saturated rings. The second kappa shape index (κ2) is 5.92. The van der Waals surface area contributed by atoms with Crippen molar-refractivity contribution in [3.8, 4) is 0 Å². The van der Waals surface area contributed by atoms with E-state index in [0.29, 0.717) is 17.1 Å². The SMILES string of the molecule is C[C@H]1CC[C@@H]2C[C@@H](O)CC[C@@]2(C)[C@@H]1CC[C@]1(C)CCCC1=O. The number of hydrogen-bond acceptors (Lipinski definition) is 2. The summed E-state index contributed by atoms with van der Waals surface area (Å²) in [6, 6.07) is 0. The summed E-state index contributed by atoms with van der Waals surface area (Å²) >= 11 is 0. The fourth-order valence-electron chi connectivity index (χ4n) is 6.08. The Morgan fingerprint density at radius 2 is 1.95 bits per heavy atom. The number of ketones is 1. The Morgan fingerprint density at radius 3 is 2.64 bits per heavy atom. The zero-order valence-corrected chi connectivity index (χ0v) is 14.7. The van der Waals surface area contributed by atoms with Crippen LogP contribution in [-0.4, -0.2) is 17.0 Å². The first-order valence-electron chi connectivity index (χ1n) is 9.56. The van der Waals surface area contributed by atoms with Crippen LogP contribution in [0.2, 0.25) is 0 Å². The Hall–Kier alpha value is -0.370. The van der Waals surface area contributed by atoms with Gasteiger partial charge in [0.2, 0.25) is 0 Å². The Balaban J connectivity index is 1.71. The zero-order chi connectivity index (χ0) is 16.0. The maximum atomic E-state index is 12.2. The summed E-state index contributed by atoms with van der Waals surface area (Å²) in [4.78, 5) is 12.2. The molecule has 0 amide bonds. The maximum absolute atomic E-state index is 12.2. The van der Waals surface area contributed by atoms with Crippen LogP contribution in [0, 0.1) is 28.6 Å². The van der Waals surface area contributed by atoms with Crippen LogP contribution in [0.1, 0.15) is 85.0 Å². The second-order valence-corrected chi connectivity index (χ2v) is 9.17. The molecule has 2 nitrogen and oxygen atoms in total. The molecule has 22 heavy (non-hydrogen) atoms. The van der Waals surface area contributed by atoms with Crippen molar-refractivity contribution in [3.05, 3.63) is 0 Å². The van der Waals surface area contributed by atoms with Crippen LogP contribution >= 0.6 is 0 Å². The molecule has 0 aromatic carbocycles. The maximum Gasteiger partial charge on any atom is 0.138 e. The molecule has 3 saturated carbocycles. The highest BCUT2D eigenvalue weighted by Crippen LogP contribution is 2.57. The molecule has 0 saturated heterocycles. The zero-order valence-electron chi connectivity index (χ0n) is 14.7. The van der Waals surface area contributed by atoms with Crippen molar-refractivity contribution in [1.82, 2.24) is 0 Å². The molecule has 0 aromatic heterocycles. The van der Waals surface area contributed by atoms with E-state index in [1.807, 2.05) is 0 Å². The van der Waals surface area contributed by atoms with E-state index in [1.165, 1.54) is 25.7 Å². The number of aliphatic hydroxyl groups is 1. The minimum Gasteiger partial charge on any atom is -0.393 e. The van der Waals surface area contributed by atoms with Crippen molar-refractivity contribution in [2.75, 3.05) is 0 Å². The first-order valence-corrected chi connectivity index (χ1v) is 9.56. The van der Waals surface area contributed by atoms with E-state index in [0.717, 1.165) is 50.4 Å². The quantitative estimate of drug-likeness (QED) is 0.817. The predicted molar refractivity (Wildman–Crippen MR) is 89.5 cm³/mol. The molecule has 0 bridgehead atoms. The number of rotatable bonds is 3. The molecule has 3 rings (SSSR count). The molecule has 0 spiro atoms. The van der Waals surface area contributed by atoms with Crippen molar-refractivity contribution in [2.45, 2.75) is 91.1 Å². The van der Waals surface area contributed by atoms with Crippen LogP contribution in [0.4, 0.5) is 0 Å². The molecule has 0 aromatic rings. The van der Waals surface area contributed by atoms with Crippen LogP contribution in [-0.2, 0) is 4.79 Å². The van der Waals surface area contributed by atoms with Gasteiger partial charge in [-0.1, -0.05) is 27.2 Å². The van der Waals surface area contributed by atoms with Crippen LogP contribution in [0.15, 0.2) is 0 Å². The van der Waals surface area contributed by atoms with Gasteiger partial charge < -0.3 is 5.11 Å². The van der Waals surface area contributed by atoms with Crippen molar-refractivity contribution in [3.63, 3.8) is 0 Å². The Morgan fingerprint density at radius 1 is 1.18 bits per heavy atom. The molecule has 3 aliphatic carbocycles. The van der Waals surface area contributed by atoms with E-state index in [1.54, 1.807) is 0 Å². The van der Waals surface area contributed by atoms with Crippen molar-refractivity contribution in [2.24, 2.45) is 28.6 Å². The van der Waals surface area contributed by atoms with E-state index >= 15 is 0 Å². The van der Waals surface area contributed by atoms with Crippen LogP contribution in [0.3, 0.4) is 0 Å². The normalized spacial score (nSPS) is 49.2. The van der Waals surface area contributed by atoms with E-state index in [9.17, 15) is 9.90 Å². The first-order chi connectivity index (χ1) is 10.3. The number of aliphatic hydroxyl groups excluding tert-OH is 1. The van der Waals surface area contributed by atoms with Gasteiger partial charge in [-0.3, -0.25) is 4.79 Å². The van der Waals surface area contributed by atoms with Crippen molar-refractivity contribution >= 4 is 5.78 Å². The van der Waals surface area contributed by atoms with Gasteiger partial charge in [-0.05, 0) is 74.5 Å². The summed E-state index contributed by atoms with van der Waals surface area (Å²) in [5, 5.41) is 10.0. The number of carbonyl (C=O) groups is 1. The third-order valence-electron chi connectivity index (χ3n) is 7.82. The largest absolute Gasteiger partial charge is 0.393 e. The summed E-state index contributed by atoms with van der Waals surface area (Å²) in [5.74, 6) is 2.72. The van der Waals surface area contributed by atoms with Gasteiger partial charge >= 0.3 is 0 Å². The van der Waals surface area contributed by atoms with Crippen molar-refractivity contribution < 1.29 is 9.90 Å². The number of hydrogen-bond donors (Lipinski definition) is 1. The standard InChI is InChI=1S/C20H34O2/c1-14-6-7-15-13-16(21)8-12-20(15,3)17(14)9-11-19(2)10-4-5-18(19)22/h14-17,21H,4-13H2,1-3H3/t14-,15+,16-,17+,19-,20+/m0/s1. The number of Topliss-reactive ketones (excluding diaryl/α,β-unsaturated/α-hetero) is 1. The smallest absolute Gasteiger partial charge is 0.138 e. The van der Waals surface area contributed by atoms with E-state index in [2.05, 4.69) is 20.8 Å². The molecule has 3 aliphatic rings. The summed E-state index contributed by atoms with van der Waals surface area (Å²) < 4.78 is 0. The molecule has 0 radical (unpaired) electrons. The minimum absolute atomic E-state index is 0.0306. The molecule has 1 N–H and O–H groups in total. The minimum atomic E-state index is -0.0685. The Labute approximate surface area is 136 Å². The Bertz CT molecular complexity index is 431. The summed E-state index contributed by atoms with van der Waals surface area (Å²) in [7, 11) is 0. The molecular formula is C20H34O2. The highest BCUT2D eigenvalue weighted by Gasteiger charge is 2.50. The van der Waals surface area contributed by atoms with Gasteiger partial charge in [-0.25, -0.2) is 0 Å². The van der Waals surface area contributed by atoms with Gasteiger partial charge in [-0.2, -0.15) is 0 Å². The predicted octanol–water partition coefficient (Wildman–Crippen LogP) is 4.74. The number of fused-ring (bicyclic) bond motifs is 1.